The van der Waals surface area contributed by atoms with Crippen molar-refractivity contribution in [1.82, 2.24) is 9.97 Å². The summed E-state index contributed by atoms with van der Waals surface area (Å²) in [5.74, 6) is 0.554. The van der Waals surface area contributed by atoms with Gasteiger partial charge in [-0.05, 0) is 0 Å². The number of hydrogen-bond donors (Lipinski definition) is 0. The first kappa shape index (κ1) is 11.9. The molecule has 0 atom stereocenters. The van der Waals surface area contributed by atoms with Gasteiger partial charge >= 0.3 is 0 Å². The van der Waals surface area contributed by atoms with Crippen molar-refractivity contribution >= 4 is 21.6 Å². The molecule has 0 saturated carbocycles. The Balaban J connectivity index is 2.49. The van der Waals surface area contributed by atoms with Crippen LogP contribution in [-0.4, -0.2) is 36.1 Å². The fourth-order valence-electron chi connectivity index (χ4n) is 0.746. The number of aromatic nitrogens is 2. The Hall–Kier alpha value is -1.13. The SMILES string of the molecule is CS(=O)(=O)CCSc1cnc(C#N)cn1. The molecule has 0 bridgehead atoms. The molecule has 5 nitrogen and oxygen atoms in total. The lowest BCUT2D eigenvalue weighted by Crippen LogP contribution is -2.05. The number of thioether (sulfide) groups is 1. The van der Waals surface area contributed by atoms with Gasteiger partial charge in [-0.25, -0.2) is 18.4 Å². The molecule has 0 radical (unpaired) electrons. The van der Waals surface area contributed by atoms with Gasteiger partial charge in [0.2, 0.25) is 0 Å². The van der Waals surface area contributed by atoms with Gasteiger partial charge in [0, 0.05) is 12.0 Å². The molecule has 1 heterocycles. The molecule has 0 aromatic carbocycles. The van der Waals surface area contributed by atoms with E-state index in [-0.39, 0.29) is 11.4 Å². The van der Waals surface area contributed by atoms with Crippen LogP contribution in [0.2, 0.25) is 0 Å². The summed E-state index contributed by atoms with van der Waals surface area (Å²) in [5.41, 5.74) is 0.252. The summed E-state index contributed by atoms with van der Waals surface area (Å²) in [5, 5.41) is 9.10. The van der Waals surface area contributed by atoms with E-state index in [1.807, 2.05) is 6.07 Å². The second kappa shape index (κ2) is 5.09. The Labute approximate surface area is 92.5 Å². The third-order valence-corrected chi connectivity index (χ3v) is 3.57. The highest BCUT2D eigenvalue weighted by atomic mass is 32.2. The van der Waals surface area contributed by atoms with Crippen LogP contribution in [0.15, 0.2) is 17.4 Å². The van der Waals surface area contributed by atoms with Gasteiger partial charge in [-0.1, -0.05) is 0 Å². The summed E-state index contributed by atoms with van der Waals surface area (Å²) in [4.78, 5) is 7.77. The van der Waals surface area contributed by atoms with Crippen LogP contribution < -0.4 is 0 Å². The maximum absolute atomic E-state index is 10.8. The van der Waals surface area contributed by atoms with E-state index in [1.54, 1.807) is 0 Å². The third-order valence-electron chi connectivity index (χ3n) is 1.45. The van der Waals surface area contributed by atoms with Gasteiger partial charge < -0.3 is 0 Å². The van der Waals surface area contributed by atoms with Gasteiger partial charge in [-0.15, -0.1) is 11.8 Å². The van der Waals surface area contributed by atoms with Gasteiger partial charge in [-0.2, -0.15) is 5.26 Å². The summed E-state index contributed by atoms with van der Waals surface area (Å²) in [7, 11) is -2.93. The lowest BCUT2D eigenvalue weighted by molar-refractivity contribution is 0.603. The maximum Gasteiger partial charge on any atom is 0.158 e. The zero-order chi connectivity index (χ0) is 11.3. The largest absolute Gasteiger partial charge is 0.245 e. The quantitative estimate of drug-likeness (QED) is 0.715. The number of rotatable bonds is 4. The van der Waals surface area contributed by atoms with Crippen LogP contribution in [0.3, 0.4) is 0 Å². The minimum Gasteiger partial charge on any atom is -0.245 e. The molecule has 0 amide bonds. The summed E-state index contributed by atoms with van der Waals surface area (Å²) < 4.78 is 21.7. The van der Waals surface area contributed by atoms with E-state index in [0.29, 0.717) is 10.8 Å². The van der Waals surface area contributed by atoms with E-state index in [2.05, 4.69) is 9.97 Å². The fourth-order valence-corrected chi connectivity index (χ4v) is 2.75. The molecule has 0 saturated heterocycles. The van der Waals surface area contributed by atoms with Crippen molar-refractivity contribution < 1.29 is 8.42 Å². The Morgan fingerprint density at radius 3 is 2.67 bits per heavy atom. The smallest absolute Gasteiger partial charge is 0.158 e. The normalized spacial score (nSPS) is 10.9. The van der Waals surface area contributed by atoms with Crippen LogP contribution in [0.4, 0.5) is 0 Å². The summed E-state index contributed by atoms with van der Waals surface area (Å²) in [6, 6.07) is 1.86. The number of sulfone groups is 1. The predicted molar refractivity (Wildman–Crippen MR) is 57.2 cm³/mol. The molecule has 0 spiro atoms. The Kier molecular flexibility index (Phi) is 4.05. The lowest BCUT2D eigenvalue weighted by Gasteiger charge is -1.98. The van der Waals surface area contributed by atoms with E-state index in [0.717, 1.165) is 0 Å². The summed E-state index contributed by atoms with van der Waals surface area (Å²) in [6.07, 6.45) is 4.02. The van der Waals surface area contributed by atoms with Crippen molar-refractivity contribution in [2.75, 3.05) is 17.8 Å². The molecule has 0 aliphatic heterocycles. The molecule has 7 heteroatoms. The van der Waals surface area contributed by atoms with Gasteiger partial charge in [-0.3, -0.25) is 0 Å². The molecule has 0 aliphatic rings. The topological polar surface area (TPSA) is 83.7 Å². The molecule has 0 aliphatic carbocycles. The number of nitriles is 1. The van der Waals surface area contributed by atoms with Crippen LogP contribution in [0.1, 0.15) is 5.69 Å². The fraction of sp³-hybridized carbons (Fsp3) is 0.375. The number of nitrogens with zero attached hydrogens (tertiary/aromatic N) is 3. The minimum atomic E-state index is -2.93. The molecular weight excluding hydrogens is 234 g/mol. The summed E-state index contributed by atoms with van der Waals surface area (Å²) in [6.45, 7) is 0. The zero-order valence-electron chi connectivity index (χ0n) is 8.04. The average molecular weight is 243 g/mol. The second-order valence-corrected chi connectivity index (χ2v) is 6.20. The van der Waals surface area contributed by atoms with Gasteiger partial charge in [0.25, 0.3) is 0 Å². The second-order valence-electron chi connectivity index (χ2n) is 2.83. The van der Waals surface area contributed by atoms with Crippen molar-refractivity contribution in [1.29, 1.82) is 5.26 Å². The molecule has 0 N–H and O–H groups in total. The lowest BCUT2D eigenvalue weighted by atomic mass is 10.5. The summed E-state index contributed by atoms with van der Waals surface area (Å²) >= 11 is 1.30. The first-order valence-electron chi connectivity index (χ1n) is 4.04. The van der Waals surface area contributed by atoms with Crippen molar-refractivity contribution in [2.24, 2.45) is 0 Å². The van der Waals surface area contributed by atoms with Crippen LogP contribution in [0.5, 0.6) is 0 Å². The van der Waals surface area contributed by atoms with Crippen molar-refractivity contribution in [3.63, 3.8) is 0 Å². The monoisotopic (exact) mass is 243 g/mol. The van der Waals surface area contributed by atoms with Crippen molar-refractivity contribution in [3.05, 3.63) is 18.1 Å². The molecule has 1 aromatic rings. The highest BCUT2D eigenvalue weighted by Gasteiger charge is 2.03. The highest BCUT2D eigenvalue weighted by molar-refractivity contribution is 8.00. The van der Waals surface area contributed by atoms with E-state index >= 15 is 0 Å². The van der Waals surface area contributed by atoms with Gasteiger partial charge in [0.1, 0.15) is 20.9 Å². The van der Waals surface area contributed by atoms with E-state index in [4.69, 9.17) is 5.26 Å². The van der Waals surface area contributed by atoms with Crippen LogP contribution >= 0.6 is 11.8 Å². The molecule has 1 rings (SSSR count). The van der Waals surface area contributed by atoms with Gasteiger partial charge in [0.05, 0.1) is 18.1 Å². The molecule has 0 fully saturated rings. The first-order chi connectivity index (χ1) is 7.01. The van der Waals surface area contributed by atoms with Crippen molar-refractivity contribution in [2.45, 2.75) is 5.03 Å². The van der Waals surface area contributed by atoms with E-state index in [1.165, 1.54) is 30.4 Å². The van der Waals surface area contributed by atoms with Gasteiger partial charge in [0.15, 0.2) is 5.69 Å². The minimum absolute atomic E-state index is 0.110. The maximum atomic E-state index is 10.8. The Bertz CT molecular complexity index is 462. The third kappa shape index (κ3) is 4.76. The standard InChI is InChI=1S/C8H9N3O2S2/c1-15(12,13)3-2-14-8-6-10-7(4-9)5-11-8/h5-6H,2-3H2,1H3. The average Bonchev–Trinajstić information content (AvgIpc) is 2.17. The number of hydrogen-bond acceptors (Lipinski definition) is 6. The van der Waals surface area contributed by atoms with E-state index < -0.39 is 9.84 Å². The zero-order valence-corrected chi connectivity index (χ0v) is 9.68. The predicted octanol–water partition coefficient (Wildman–Crippen LogP) is 0.485. The first-order valence-corrected chi connectivity index (χ1v) is 7.08. The molecule has 80 valence electrons. The Morgan fingerprint density at radius 2 is 2.20 bits per heavy atom. The van der Waals surface area contributed by atoms with Crippen LogP contribution in [-0.2, 0) is 9.84 Å². The Morgan fingerprint density at radius 1 is 1.47 bits per heavy atom. The van der Waals surface area contributed by atoms with Crippen LogP contribution in [0, 0.1) is 11.3 Å². The van der Waals surface area contributed by atoms with Crippen molar-refractivity contribution in [3.8, 4) is 6.07 Å². The molecule has 1 aromatic heterocycles. The molecule has 15 heavy (non-hydrogen) atoms. The van der Waals surface area contributed by atoms with Crippen LogP contribution in [0.25, 0.3) is 0 Å². The highest BCUT2D eigenvalue weighted by Crippen LogP contribution is 2.13. The molecular formula is C8H9N3O2S2. The van der Waals surface area contributed by atoms with E-state index in [9.17, 15) is 8.42 Å². The molecule has 0 unspecified atom stereocenters.